The molecule has 0 fully saturated rings. The van der Waals surface area contributed by atoms with Gasteiger partial charge in [-0.15, -0.1) is 0 Å². The molecular weight excluding hydrogens is 320 g/mol. The van der Waals surface area contributed by atoms with Crippen molar-refractivity contribution >= 4 is 21.8 Å². The zero-order valence-corrected chi connectivity index (χ0v) is 12.9. The summed E-state index contributed by atoms with van der Waals surface area (Å²) in [5, 5.41) is 0. The SMILES string of the molecule is COc1cnccc1C(=O)N(C)Cc1ccccc1Br. The molecule has 0 radical (unpaired) electrons. The summed E-state index contributed by atoms with van der Waals surface area (Å²) in [7, 11) is 3.29. The van der Waals surface area contributed by atoms with E-state index in [4.69, 9.17) is 4.74 Å². The van der Waals surface area contributed by atoms with Crippen LogP contribution in [0.5, 0.6) is 5.75 Å². The molecule has 0 unspecified atom stereocenters. The molecule has 1 amide bonds. The molecule has 0 saturated carbocycles. The number of nitrogens with zero attached hydrogens (tertiary/aromatic N) is 2. The van der Waals surface area contributed by atoms with Gasteiger partial charge in [0.05, 0.1) is 18.9 Å². The van der Waals surface area contributed by atoms with Crippen LogP contribution in [0.25, 0.3) is 0 Å². The first kappa shape index (κ1) is 14.5. The molecular formula is C15H15BrN2O2. The highest BCUT2D eigenvalue weighted by Crippen LogP contribution is 2.21. The fourth-order valence-corrected chi connectivity index (χ4v) is 2.29. The van der Waals surface area contributed by atoms with Crippen LogP contribution in [0, 0.1) is 0 Å². The minimum absolute atomic E-state index is 0.0972. The fraction of sp³-hybridized carbons (Fsp3) is 0.200. The Morgan fingerprint density at radius 2 is 2.10 bits per heavy atom. The summed E-state index contributed by atoms with van der Waals surface area (Å²) in [6.07, 6.45) is 3.13. The van der Waals surface area contributed by atoms with Gasteiger partial charge in [-0.1, -0.05) is 34.1 Å². The number of aromatic nitrogens is 1. The molecule has 2 aromatic rings. The zero-order chi connectivity index (χ0) is 14.5. The monoisotopic (exact) mass is 334 g/mol. The van der Waals surface area contributed by atoms with E-state index in [9.17, 15) is 4.79 Å². The Hall–Kier alpha value is -1.88. The molecule has 0 N–H and O–H groups in total. The van der Waals surface area contributed by atoms with Crippen LogP contribution in [0.4, 0.5) is 0 Å². The number of ether oxygens (including phenoxy) is 1. The van der Waals surface area contributed by atoms with Crippen molar-refractivity contribution in [3.05, 3.63) is 58.3 Å². The van der Waals surface area contributed by atoms with E-state index >= 15 is 0 Å². The smallest absolute Gasteiger partial charge is 0.257 e. The lowest BCUT2D eigenvalue weighted by atomic mass is 10.2. The highest BCUT2D eigenvalue weighted by atomic mass is 79.9. The van der Waals surface area contributed by atoms with Gasteiger partial charge in [0.1, 0.15) is 5.75 Å². The van der Waals surface area contributed by atoms with Crippen LogP contribution >= 0.6 is 15.9 Å². The topological polar surface area (TPSA) is 42.4 Å². The number of methoxy groups -OCH3 is 1. The van der Waals surface area contributed by atoms with Crippen LogP contribution in [0.3, 0.4) is 0 Å². The molecule has 20 heavy (non-hydrogen) atoms. The van der Waals surface area contributed by atoms with Crippen molar-refractivity contribution < 1.29 is 9.53 Å². The molecule has 104 valence electrons. The first-order chi connectivity index (χ1) is 9.63. The molecule has 2 rings (SSSR count). The molecule has 1 aromatic carbocycles. The van der Waals surface area contributed by atoms with E-state index in [0.717, 1.165) is 10.0 Å². The normalized spacial score (nSPS) is 10.2. The number of rotatable bonds is 4. The summed E-state index contributed by atoms with van der Waals surface area (Å²) in [6.45, 7) is 0.520. The van der Waals surface area contributed by atoms with E-state index < -0.39 is 0 Å². The molecule has 1 heterocycles. The lowest BCUT2D eigenvalue weighted by molar-refractivity contribution is 0.0781. The Labute approximate surface area is 126 Å². The number of benzene rings is 1. The fourth-order valence-electron chi connectivity index (χ4n) is 1.88. The number of amides is 1. The summed E-state index contributed by atoms with van der Waals surface area (Å²) in [6, 6.07) is 9.50. The first-order valence-corrected chi connectivity index (χ1v) is 6.89. The van der Waals surface area contributed by atoms with E-state index in [1.165, 1.54) is 7.11 Å². The molecule has 0 saturated heterocycles. The van der Waals surface area contributed by atoms with E-state index in [1.807, 2.05) is 24.3 Å². The van der Waals surface area contributed by atoms with Crippen LogP contribution in [0.1, 0.15) is 15.9 Å². The van der Waals surface area contributed by atoms with Crippen molar-refractivity contribution in [2.45, 2.75) is 6.54 Å². The third-order valence-corrected chi connectivity index (χ3v) is 3.72. The summed E-state index contributed by atoms with van der Waals surface area (Å²) in [5.74, 6) is 0.386. The van der Waals surface area contributed by atoms with Crippen LogP contribution in [0.15, 0.2) is 47.2 Å². The van der Waals surface area contributed by atoms with Gasteiger partial charge < -0.3 is 9.64 Å². The van der Waals surface area contributed by atoms with Gasteiger partial charge in [-0.2, -0.15) is 0 Å². The van der Waals surface area contributed by atoms with E-state index in [-0.39, 0.29) is 5.91 Å². The Morgan fingerprint density at radius 1 is 1.35 bits per heavy atom. The molecule has 4 nitrogen and oxygen atoms in total. The lowest BCUT2D eigenvalue weighted by Gasteiger charge is -2.19. The highest BCUT2D eigenvalue weighted by molar-refractivity contribution is 9.10. The molecule has 0 atom stereocenters. The van der Waals surface area contributed by atoms with Crippen LogP contribution in [-0.4, -0.2) is 29.9 Å². The summed E-state index contributed by atoms with van der Waals surface area (Å²) < 4.78 is 6.16. The van der Waals surface area contributed by atoms with Gasteiger partial charge in [-0.25, -0.2) is 0 Å². The first-order valence-electron chi connectivity index (χ1n) is 6.10. The van der Waals surface area contributed by atoms with E-state index in [1.54, 1.807) is 30.4 Å². The maximum absolute atomic E-state index is 12.4. The van der Waals surface area contributed by atoms with Crippen LogP contribution < -0.4 is 4.74 Å². The summed E-state index contributed by atoms with van der Waals surface area (Å²) >= 11 is 3.49. The van der Waals surface area contributed by atoms with Gasteiger partial charge >= 0.3 is 0 Å². The number of carbonyl (C=O) groups excluding carboxylic acids is 1. The number of halogens is 1. The average molecular weight is 335 g/mol. The van der Waals surface area contributed by atoms with Crippen LogP contribution in [0.2, 0.25) is 0 Å². The van der Waals surface area contributed by atoms with Crippen molar-refractivity contribution in [2.75, 3.05) is 14.2 Å². The number of hydrogen-bond acceptors (Lipinski definition) is 3. The third kappa shape index (κ3) is 3.17. The Morgan fingerprint density at radius 3 is 2.80 bits per heavy atom. The molecule has 0 aliphatic heterocycles. The van der Waals surface area contributed by atoms with Crippen molar-refractivity contribution in [2.24, 2.45) is 0 Å². The van der Waals surface area contributed by atoms with E-state index in [0.29, 0.717) is 17.9 Å². The highest BCUT2D eigenvalue weighted by Gasteiger charge is 2.17. The van der Waals surface area contributed by atoms with Crippen molar-refractivity contribution in [3.63, 3.8) is 0 Å². The van der Waals surface area contributed by atoms with Gasteiger partial charge in [0.2, 0.25) is 0 Å². The predicted octanol–water partition coefficient (Wildman–Crippen LogP) is 3.12. The largest absolute Gasteiger partial charge is 0.494 e. The van der Waals surface area contributed by atoms with Crippen LogP contribution in [-0.2, 0) is 6.54 Å². The Kier molecular flexibility index (Phi) is 4.74. The number of carbonyl (C=O) groups is 1. The maximum atomic E-state index is 12.4. The summed E-state index contributed by atoms with van der Waals surface area (Å²) in [5.41, 5.74) is 1.56. The average Bonchev–Trinajstić information content (AvgIpc) is 2.48. The molecule has 5 heteroatoms. The second kappa shape index (κ2) is 6.52. The molecule has 0 aliphatic carbocycles. The van der Waals surface area contributed by atoms with Gasteiger partial charge in [0.15, 0.2) is 0 Å². The Balaban J connectivity index is 2.19. The number of hydrogen-bond donors (Lipinski definition) is 0. The quantitative estimate of drug-likeness (QED) is 0.862. The second-order valence-corrected chi connectivity index (χ2v) is 5.18. The predicted molar refractivity (Wildman–Crippen MR) is 80.7 cm³/mol. The molecule has 0 aliphatic rings. The zero-order valence-electron chi connectivity index (χ0n) is 11.3. The van der Waals surface area contributed by atoms with Gasteiger partial charge in [-0.3, -0.25) is 9.78 Å². The number of pyridine rings is 1. The summed E-state index contributed by atoms with van der Waals surface area (Å²) in [4.78, 5) is 18.0. The standard InChI is InChI=1S/C15H15BrN2O2/c1-18(10-11-5-3-4-6-13(11)16)15(19)12-7-8-17-9-14(12)20-2/h3-9H,10H2,1-2H3. The van der Waals surface area contributed by atoms with Gasteiger partial charge in [0.25, 0.3) is 5.91 Å². The van der Waals surface area contributed by atoms with Gasteiger partial charge in [-0.05, 0) is 17.7 Å². The van der Waals surface area contributed by atoms with Crippen molar-refractivity contribution in [3.8, 4) is 5.75 Å². The molecule has 0 bridgehead atoms. The maximum Gasteiger partial charge on any atom is 0.257 e. The lowest BCUT2D eigenvalue weighted by Crippen LogP contribution is -2.26. The van der Waals surface area contributed by atoms with E-state index in [2.05, 4.69) is 20.9 Å². The third-order valence-electron chi connectivity index (χ3n) is 2.95. The molecule has 0 spiro atoms. The molecule has 1 aromatic heterocycles. The Bertz CT molecular complexity index is 616. The second-order valence-electron chi connectivity index (χ2n) is 4.33. The minimum atomic E-state index is -0.0972. The van der Waals surface area contributed by atoms with Gasteiger partial charge in [0, 0.05) is 24.3 Å². The van der Waals surface area contributed by atoms with Crippen molar-refractivity contribution in [1.29, 1.82) is 0 Å². The van der Waals surface area contributed by atoms with Crippen molar-refractivity contribution in [1.82, 2.24) is 9.88 Å². The minimum Gasteiger partial charge on any atom is -0.494 e.